The molecular formula is C24H20N4O2. The Balaban J connectivity index is 1.36. The Kier molecular flexibility index (Phi) is 5.83. The number of aromatic nitrogens is 2. The van der Waals surface area contributed by atoms with Crippen molar-refractivity contribution >= 4 is 10.8 Å². The summed E-state index contributed by atoms with van der Waals surface area (Å²) in [5, 5.41) is 11.0. The van der Waals surface area contributed by atoms with Gasteiger partial charge in [0.05, 0.1) is 23.9 Å². The first-order valence-electron chi connectivity index (χ1n) is 9.52. The van der Waals surface area contributed by atoms with E-state index in [1.54, 1.807) is 36.7 Å². The fourth-order valence-corrected chi connectivity index (χ4v) is 3.00. The summed E-state index contributed by atoms with van der Waals surface area (Å²) in [7, 11) is 0. The molecule has 0 bridgehead atoms. The highest BCUT2D eigenvalue weighted by Gasteiger charge is 2.07. The van der Waals surface area contributed by atoms with Crippen molar-refractivity contribution in [3.8, 4) is 28.7 Å². The Morgan fingerprint density at radius 3 is 2.40 bits per heavy atom. The molecule has 0 amide bonds. The van der Waals surface area contributed by atoms with Crippen LogP contribution in [-0.2, 0) is 0 Å². The third-order valence-corrected chi connectivity index (χ3v) is 4.60. The molecule has 0 aliphatic heterocycles. The molecule has 1 atom stereocenters. The van der Waals surface area contributed by atoms with Crippen LogP contribution in [-0.4, -0.2) is 29.2 Å². The molecule has 0 saturated carbocycles. The summed E-state index contributed by atoms with van der Waals surface area (Å²) >= 11 is 0. The Labute approximate surface area is 174 Å². The van der Waals surface area contributed by atoms with Gasteiger partial charge in [-0.05, 0) is 53.4 Å². The van der Waals surface area contributed by atoms with E-state index in [1.807, 2.05) is 36.7 Å². The van der Waals surface area contributed by atoms with Gasteiger partial charge in [-0.25, -0.2) is 0 Å². The Bertz CT molecular complexity index is 1190. The maximum Gasteiger partial charge on any atom is 0.138 e. The lowest BCUT2D eigenvalue weighted by Crippen LogP contribution is -2.34. The highest BCUT2D eigenvalue weighted by atomic mass is 16.5. The number of nitrogens with zero attached hydrogens (tertiary/aromatic N) is 3. The van der Waals surface area contributed by atoms with E-state index in [0.717, 1.165) is 21.9 Å². The van der Waals surface area contributed by atoms with Crippen LogP contribution in [0.3, 0.4) is 0 Å². The number of fused-ring (bicyclic) bond motifs is 1. The molecule has 148 valence electrons. The molecule has 0 saturated heterocycles. The molecule has 0 aliphatic carbocycles. The Morgan fingerprint density at radius 2 is 1.60 bits per heavy atom. The summed E-state index contributed by atoms with van der Waals surface area (Å²) in [6.45, 7) is 0.600. The van der Waals surface area contributed by atoms with Crippen molar-refractivity contribution in [3.63, 3.8) is 0 Å². The standard InChI is InChI=1S/C24H20N4O2/c25-11-17-1-5-23(6-2-17)29-15-22(26)16-30-24-10-21(13-28-14-24)18-3-4-20-12-27-8-7-19(20)9-18/h1-10,12-14,22H,15-16,26H2/t22-/m0/s1. The number of rotatable bonds is 7. The van der Waals surface area contributed by atoms with Gasteiger partial charge in [-0.3, -0.25) is 9.97 Å². The van der Waals surface area contributed by atoms with Gasteiger partial charge in [-0.1, -0.05) is 12.1 Å². The maximum absolute atomic E-state index is 8.83. The van der Waals surface area contributed by atoms with E-state index in [0.29, 0.717) is 30.3 Å². The molecule has 2 heterocycles. The number of pyridine rings is 2. The van der Waals surface area contributed by atoms with E-state index in [4.69, 9.17) is 20.5 Å². The predicted octanol–water partition coefficient (Wildman–Crippen LogP) is 3.95. The lowest BCUT2D eigenvalue weighted by Gasteiger charge is -2.15. The highest BCUT2D eigenvalue weighted by molar-refractivity contribution is 5.86. The molecular weight excluding hydrogens is 376 g/mol. The smallest absolute Gasteiger partial charge is 0.138 e. The first-order valence-corrected chi connectivity index (χ1v) is 9.52. The SMILES string of the molecule is N#Cc1ccc(OC[C@H](N)COc2cncc(-c3ccc4cnccc4c3)c2)cc1. The van der Waals surface area contributed by atoms with Crippen LogP contribution in [0.15, 0.2) is 79.4 Å². The van der Waals surface area contributed by atoms with Crippen molar-refractivity contribution in [2.24, 2.45) is 5.73 Å². The summed E-state index contributed by atoms with van der Waals surface area (Å²) in [4.78, 5) is 8.44. The van der Waals surface area contributed by atoms with E-state index in [-0.39, 0.29) is 6.04 Å². The minimum Gasteiger partial charge on any atom is -0.492 e. The zero-order valence-electron chi connectivity index (χ0n) is 16.2. The fraction of sp³-hybridized carbons (Fsp3) is 0.125. The van der Waals surface area contributed by atoms with Crippen molar-refractivity contribution in [2.75, 3.05) is 13.2 Å². The molecule has 6 nitrogen and oxygen atoms in total. The molecule has 4 aromatic rings. The minimum atomic E-state index is -0.308. The first kappa shape index (κ1) is 19.4. The summed E-state index contributed by atoms with van der Waals surface area (Å²) in [6.07, 6.45) is 7.11. The maximum atomic E-state index is 8.83. The minimum absolute atomic E-state index is 0.296. The zero-order chi connectivity index (χ0) is 20.8. The van der Waals surface area contributed by atoms with Gasteiger partial charge in [0.25, 0.3) is 0 Å². The summed E-state index contributed by atoms with van der Waals surface area (Å²) in [5.74, 6) is 1.32. The van der Waals surface area contributed by atoms with Crippen molar-refractivity contribution < 1.29 is 9.47 Å². The van der Waals surface area contributed by atoms with Crippen LogP contribution in [0.25, 0.3) is 21.9 Å². The third kappa shape index (κ3) is 4.72. The average molecular weight is 396 g/mol. The third-order valence-electron chi connectivity index (χ3n) is 4.60. The number of hydrogen-bond acceptors (Lipinski definition) is 6. The lowest BCUT2D eigenvalue weighted by molar-refractivity contribution is 0.220. The van der Waals surface area contributed by atoms with E-state index in [2.05, 4.69) is 22.1 Å². The molecule has 0 spiro atoms. The van der Waals surface area contributed by atoms with Crippen LogP contribution in [0.1, 0.15) is 5.56 Å². The number of ether oxygens (including phenoxy) is 2. The summed E-state index contributed by atoms with van der Waals surface area (Å²) in [5.41, 5.74) is 8.72. The van der Waals surface area contributed by atoms with Crippen LogP contribution in [0.2, 0.25) is 0 Å². The second-order valence-electron chi connectivity index (χ2n) is 6.87. The number of hydrogen-bond donors (Lipinski definition) is 1. The average Bonchev–Trinajstić information content (AvgIpc) is 2.81. The van der Waals surface area contributed by atoms with Gasteiger partial charge in [0.15, 0.2) is 0 Å². The predicted molar refractivity (Wildman–Crippen MR) is 115 cm³/mol. The van der Waals surface area contributed by atoms with Gasteiger partial charge >= 0.3 is 0 Å². The van der Waals surface area contributed by atoms with Crippen molar-refractivity contribution in [1.29, 1.82) is 5.26 Å². The van der Waals surface area contributed by atoms with Crippen LogP contribution in [0, 0.1) is 11.3 Å². The van der Waals surface area contributed by atoms with E-state index in [9.17, 15) is 0 Å². The van der Waals surface area contributed by atoms with Crippen LogP contribution in [0.5, 0.6) is 11.5 Å². The molecule has 2 aromatic heterocycles. The van der Waals surface area contributed by atoms with Gasteiger partial charge in [0.2, 0.25) is 0 Å². The molecule has 30 heavy (non-hydrogen) atoms. The topological polar surface area (TPSA) is 94.0 Å². The van der Waals surface area contributed by atoms with Crippen molar-refractivity contribution in [1.82, 2.24) is 9.97 Å². The number of benzene rings is 2. The van der Waals surface area contributed by atoms with Gasteiger partial charge in [-0.15, -0.1) is 0 Å². The van der Waals surface area contributed by atoms with Crippen LogP contribution in [0.4, 0.5) is 0 Å². The fourth-order valence-electron chi connectivity index (χ4n) is 3.00. The normalized spacial score (nSPS) is 11.6. The van der Waals surface area contributed by atoms with Crippen molar-refractivity contribution in [3.05, 3.63) is 84.9 Å². The molecule has 0 unspecified atom stereocenters. The molecule has 4 rings (SSSR count). The molecule has 2 N–H and O–H groups in total. The van der Waals surface area contributed by atoms with E-state index in [1.165, 1.54) is 0 Å². The van der Waals surface area contributed by atoms with E-state index < -0.39 is 0 Å². The molecule has 0 radical (unpaired) electrons. The van der Waals surface area contributed by atoms with E-state index >= 15 is 0 Å². The number of nitrogens with two attached hydrogens (primary N) is 1. The van der Waals surface area contributed by atoms with Gasteiger partial charge in [0, 0.05) is 29.5 Å². The quantitative estimate of drug-likeness (QED) is 0.508. The zero-order valence-corrected chi connectivity index (χ0v) is 16.2. The van der Waals surface area contributed by atoms with Gasteiger partial charge in [-0.2, -0.15) is 5.26 Å². The second-order valence-corrected chi connectivity index (χ2v) is 6.87. The summed E-state index contributed by atoms with van der Waals surface area (Å²) in [6, 6.07) is 18.8. The monoisotopic (exact) mass is 396 g/mol. The first-order chi connectivity index (χ1) is 14.7. The Hall–Kier alpha value is -3.95. The van der Waals surface area contributed by atoms with Gasteiger partial charge < -0.3 is 15.2 Å². The number of nitriles is 1. The van der Waals surface area contributed by atoms with Crippen LogP contribution < -0.4 is 15.2 Å². The molecule has 0 aliphatic rings. The molecule has 6 heteroatoms. The summed E-state index contributed by atoms with van der Waals surface area (Å²) < 4.78 is 11.5. The lowest BCUT2D eigenvalue weighted by atomic mass is 10.0. The van der Waals surface area contributed by atoms with Crippen molar-refractivity contribution in [2.45, 2.75) is 6.04 Å². The Morgan fingerprint density at radius 1 is 0.800 bits per heavy atom. The largest absolute Gasteiger partial charge is 0.492 e. The van der Waals surface area contributed by atoms with Crippen LogP contribution >= 0.6 is 0 Å². The molecule has 0 fully saturated rings. The van der Waals surface area contributed by atoms with Gasteiger partial charge in [0.1, 0.15) is 24.7 Å². The molecule has 2 aromatic carbocycles. The second kappa shape index (κ2) is 9.03. The highest BCUT2D eigenvalue weighted by Crippen LogP contribution is 2.26.